The van der Waals surface area contributed by atoms with Crippen LogP contribution in [0.15, 0.2) is 34.9 Å². The van der Waals surface area contributed by atoms with Crippen LogP contribution in [0.5, 0.6) is 0 Å². The van der Waals surface area contributed by atoms with E-state index in [1.54, 1.807) is 6.20 Å². The number of halogens is 1. The Balaban J connectivity index is 1.53. The number of oxazole rings is 1. The molecule has 4 heteroatoms. The fourth-order valence-electron chi connectivity index (χ4n) is 2.78. The van der Waals surface area contributed by atoms with E-state index in [9.17, 15) is 0 Å². The molecule has 1 aliphatic carbocycles. The zero-order valence-corrected chi connectivity index (χ0v) is 12.5. The molecule has 0 radical (unpaired) electrons. The van der Waals surface area contributed by atoms with Gasteiger partial charge in [0.2, 0.25) is 5.89 Å². The van der Waals surface area contributed by atoms with Gasteiger partial charge in [-0.3, -0.25) is 0 Å². The number of nitrogens with one attached hydrogen (secondary N) is 1. The van der Waals surface area contributed by atoms with E-state index in [1.165, 1.54) is 5.56 Å². The highest BCUT2D eigenvalue weighted by Crippen LogP contribution is 2.38. The van der Waals surface area contributed by atoms with Gasteiger partial charge in [0.15, 0.2) is 0 Å². The first kappa shape index (κ1) is 13.7. The molecule has 1 N–H and O–H groups in total. The maximum Gasteiger partial charge on any atom is 0.211 e. The van der Waals surface area contributed by atoms with Gasteiger partial charge < -0.3 is 9.73 Å². The maximum atomic E-state index is 6.04. The minimum absolute atomic E-state index is 0.161. The summed E-state index contributed by atoms with van der Waals surface area (Å²) in [5.41, 5.74) is 1.34. The van der Waals surface area contributed by atoms with Crippen LogP contribution in [0.4, 0.5) is 0 Å². The number of nitrogens with zero attached hydrogens (tertiary/aromatic N) is 1. The van der Waals surface area contributed by atoms with Gasteiger partial charge in [0.25, 0.3) is 0 Å². The molecule has 20 heavy (non-hydrogen) atoms. The predicted octanol–water partition coefficient (Wildman–Crippen LogP) is 4.23. The van der Waals surface area contributed by atoms with E-state index in [1.807, 2.05) is 19.1 Å². The van der Waals surface area contributed by atoms with Crippen molar-refractivity contribution in [3.05, 3.63) is 52.7 Å². The highest BCUT2D eigenvalue weighted by Gasteiger charge is 2.31. The zero-order valence-electron chi connectivity index (χ0n) is 11.8. The van der Waals surface area contributed by atoms with Crippen LogP contribution in [0.1, 0.15) is 48.9 Å². The zero-order chi connectivity index (χ0) is 14.1. The molecule has 1 atom stereocenters. The van der Waals surface area contributed by atoms with Gasteiger partial charge in [0, 0.05) is 11.1 Å². The average molecular weight is 291 g/mol. The SMILES string of the molecule is Cc1cnc(C(C)NC2CC(c3cccc(Cl)c3)C2)o1. The molecule has 0 amide bonds. The molecule has 1 aromatic heterocycles. The largest absolute Gasteiger partial charge is 0.444 e. The van der Waals surface area contributed by atoms with E-state index in [-0.39, 0.29) is 6.04 Å². The summed E-state index contributed by atoms with van der Waals surface area (Å²) in [7, 11) is 0. The minimum Gasteiger partial charge on any atom is -0.444 e. The van der Waals surface area contributed by atoms with E-state index >= 15 is 0 Å². The Labute approximate surface area is 124 Å². The van der Waals surface area contributed by atoms with Gasteiger partial charge in [0.05, 0.1) is 12.2 Å². The van der Waals surface area contributed by atoms with Crippen LogP contribution in [-0.4, -0.2) is 11.0 Å². The highest BCUT2D eigenvalue weighted by molar-refractivity contribution is 6.30. The van der Waals surface area contributed by atoms with Crippen molar-refractivity contribution in [2.24, 2.45) is 0 Å². The van der Waals surface area contributed by atoms with Crippen LogP contribution in [0.25, 0.3) is 0 Å². The number of aromatic nitrogens is 1. The summed E-state index contributed by atoms with van der Waals surface area (Å²) >= 11 is 6.04. The van der Waals surface area contributed by atoms with Crippen molar-refractivity contribution >= 4 is 11.6 Å². The van der Waals surface area contributed by atoms with Gasteiger partial charge in [0.1, 0.15) is 5.76 Å². The van der Waals surface area contributed by atoms with E-state index in [0.29, 0.717) is 12.0 Å². The molecule has 1 saturated carbocycles. The van der Waals surface area contributed by atoms with E-state index in [0.717, 1.165) is 29.5 Å². The van der Waals surface area contributed by atoms with Gasteiger partial charge in [-0.1, -0.05) is 23.7 Å². The summed E-state index contributed by atoms with van der Waals surface area (Å²) in [4.78, 5) is 4.27. The average Bonchev–Trinajstić information content (AvgIpc) is 2.80. The van der Waals surface area contributed by atoms with Crippen molar-refractivity contribution < 1.29 is 4.42 Å². The minimum atomic E-state index is 0.161. The lowest BCUT2D eigenvalue weighted by Gasteiger charge is -2.37. The first-order valence-corrected chi connectivity index (χ1v) is 7.43. The lowest BCUT2D eigenvalue weighted by molar-refractivity contribution is 0.254. The molecule has 1 aliphatic rings. The van der Waals surface area contributed by atoms with Crippen LogP contribution in [0, 0.1) is 6.92 Å². The molecule has 0 bridgehead atoms. The molecule has 1 unspecified atom stereocenters. The van der Waals surface area contributed by atoms with E-state index < -0.39 is 0 Å². The number of rotatable bonds is 4. The quantitative estimate of drug-likeness (QED) is 0.915. The Hall–Kier alpha value is -1.32. The standard InChI is InChI=1S/C16H19ClN2O/c1-10-9-18-16(20-10)11(2)19-15-7-13(8-15)12-4-3-5-14(17)6-12/h3-6,9,11,13,15,19H,7-8H2,1-2H3. The van der Waals surface area contributed by atoms with Crippen molar-refractivity contribution in [3.63, 3.8) is 0 Å². The normalized spacial score (nSPS) is 23.4. The van der Waals surface area contributed by atoms with Crippen LogP contribution in [-0.2, 0) is 0 Å². The molecule has 1 heterocycles. The van der Waals surface area contributed by atoms with Crippen molar-refractivity contribution in [2.45, 2.75) is 44.7 Å². The summed E-state index contributed by atoms with van der Waals surface area (Å²) in [5, 5.41) is 4.39. The molecule has 3 nitrogen and oxygen atoms in total. The van der Waals surface area contributed by atoms with Crippen LogP contribution < -0.4 is 5.32 Å². The maximum absolute atomic E-state index is 6.04. The second kappa shape index (κ2) is 5.58. The molecule has 106 valence electrons. The van der Waals surface area contributed by atoms with Crippen LogP contribution in [0.3, 0.4) is 0 Å². The molecule has 0 aliphatic heterocycles. The van der Waals surface area contributed by atoms with Gasteiger partial charge in [-0.2, -0.15) is 0 Å². The van der Waals surface area contributed by atoms with Gasteiger partial charge in [-0.25, -0.2) is 4.98 Å². The first-order chi connectivity index (χ1) is 9.61. The summed E-state index contributed by atoms with van der Waals surface area (Å²) in [6.07, 6.45) is 4.05. The number of benzene rings is 1. The first-order valence-electron chi connectivity index (χ1n) is 7.05. The highest BCUT2D eigenvalue weighted by atomic mass is 35.5. The molecule has 0 saturated heterocycles. The molecular weight excluding hydrogens is 272 g/mol. The number of hydrogen-bond donors (Lipinski definition) is 1. The Morgan fingerprint density at radius 1 is 1.40 bits per heavy atom. The molecular formula is C16H19ClN2O. The molecule has 3 rings (SSSR count). The fraction of sp³-hybridized carbons (Fsp3) is 0.438. The van der Waals surface area contributed by atoms with Crippen LogP contribution in [0.2, 0.25) is 5.02 Å². The molecule has 1 fully saturated rings. The third-order valence-electron chi connectivity index (χ3n) is 3.95. The Bertz CT molecular complexity index is 590. The van der Waals surface area contributed by atoms with Crippen molar-refractivity contribution in [3.8, 4) is 0 Å². The Kier molecular flexibility index (Phi) is 3.81. The third kappa shape index (κ3) is 2.89. The molecule has 2 aromatic rings. The number of hydrogen-bond acceptors (Lipinski definition) is 3. The monoisotopic (exact) mass is 290 g/mol. The topological polar surface area (TPSA) is 38.1 Å². The van der Waals surface area contributed by atoms with Crippen molar-refractivity contribution in [1.82, 2.24) is 10.3 Å². The molecule has 0 spiro atoms. The second-order valence-electron chi connectivity index (χ2n) is 5.62. The van der Waals surface area contributed by atoms with E-state index in [2.05, 4.69) is 29.4 Å². The smallest absolute Gasteiger partial charge is 0.211 e. The summed E-state index contributed by atoms with van der Waals surface area (Å²) in [6, 6.07) is 8.87. The Morgan fingerprint density at radius 3 is 2.85 bits per heavy atom. The lowest BCUT2D eigenvalue weighted by Crippen LogP contribution is -2.41. The Morgan fingerprint density at radius 2 is 2.20 bits per heavy atom. The van der Waals surface area contributed by atoms with Crippen LogP contribution >= 0.6 is 11.6 Å². The van der Waals surface area contributed by atoms with Crippen molar-refractivity contribution in [1.29, 1.82) is 0 Å². The van der Waals surface area contributed by atoms with Crippen molar-refractivity contribution in [2.75, 3.05) is 0 Å². The van der Waals surface area contributed by atoms with Gasteiger partial charge in [-0.05, 0) is 50.3 Å². The van der Waals surface area contributed by atoms with E-state index in [4.69, 9.17) is 16.0 Å². The predicted molar refractivity (Wildman–Crippen MR) is 80.0 cm³/mol. The van der Waals surface area contributed by atoms with Gasteiger partial charge >= 0.3 is 0 Å². The van der Waals surface area contributed by atoms with Gasteiger partial charge in [-0.15, -0.1) is 0 Å². The summed E-state index contributed by atoms with van der Waals surface area (Å²) in [6.45, 7) is 4.01. The summed E-state index contributed by atoms with van der Waals surface area (Å²) < 4.78 is 5.55. The lowest BCUT2D eigenvalue weighted by atomic mass is 9.75. The fourth-order valence-corrected chi connectivity index (χ4v) is 2.98. The third-order valence-corrected chi connectivity index (χ3v) is 4.19. The number of aryl methyl sites for hydroxylation is 1. The molecule has 1 aromatic carbocycles. The summed E-state index contributed by atoms with van der Waals surface area (Å²) in [5.74, 6) is 2.25. The second-order valence-corrected chi connectivity index (χ2v) is 6.05.